The highest BCUT2D eigenvalue weighted by molar-refractivity contribution is 7.92. The van der Waals surface area contributed by atoms with Gasteiger partial charge in [-0.15, -0.1) is 0 Å². The molecule has 2 heterocycles. The molecule has 0 spiro atoms. The van der Waals surface area contributed by atoms with Crippen LogP contribution in [0.3, 0.4) is 0 Å². The number of hydrogen-bond donors (Lipinski definition) is 0. The molecule has 33 heavy (non-hydrogen) atoms. The fourth-order valence-electron chi connectivity index (χ4n) is 4.35. The van der Waals surface area contributed by atoms with E-state index in [1.54, 1.807) is 18.2 Å². The number of benzene rings is 2. The molecule has 2 aromatic carbocycles. The van der Waals surface area contributed by atoms with E-state index in [1.807, 2.05) is 6.92 Å². The Bertz CT molecular complexity index is 1130. The van der Waals surface area contributed by atoms with Crippen LogP contribution in [0.4, 0.5) is 5.69 Å². The van der Waals surface area contributed by atoms with Crippen LogP contribution in [0.2, 0.25) is 5.02 Å². The molecule has 9 heteroatoms. The maximum Gasteiger partial charge on any atom is 0.341 e. The molecule has 4 rings (SSSR count). The fraction of sp³-hybridized carbons (Fsp3) is 0.458. The molecule has 1 atom stereocenters. The summed E-state index contributed by atoms with van der Waals surface area (Å²) in [5.41, 5.74) is 1.58. The predicted molar refractivity (Wildman–Crippen MR) is 126 cm³/mol. The molecule has 0 N–H and O–H groups in total. The molecule has 0 radical (unpaired) electrons. The van der Waals surface area contributed by atoms with Gasteiger partial charge in [0.05, 0.1) is 24.3 Å². The normalized spacial score (nSPS) is 19.1. The summed E-state index contributed by atoms with van der Waals surface area (Å²) in [5, 5.41) is 0.569. The van der Waals surface area contributed by atoms with Crippen molar-refractivity contribution < 1.29 is 27.4 Å². The van der Waals surface area contributed by atoms with Crippen molar-refractivity contribution >= 4 is 33.3 Å². The third kappa shape index (κ3) is 4.98. The smallest absolute Gasteiger partial charge is 0.341 e. The zero-order valence-electron chi connectivity index (χ0n) is 18.8. The minimum absolute atomic E-state index is 0.0102. The van der Waals surface area contributed by atoms with Gasteiger partial charge in [-0.25, -0.2) is 13.2 Å². The number of carbonyl (C=O) groups excluding carboxylic acids is 1. The number of halogens is 1. The van der Waals surface area contributed by atoms with Gasteiger partial charge in [-0.1, -0.05) is 11.6 Å². The van der Waals surface area contributed by atoms with Crippen molar-refractivity contribution in [1.82, 2.24) is 0 Å². The van der Waals surface area contributed by atoms with Crippen LogP contribution in [0.15, 0.2) is 41.3 Å². The monoisotopic (exact) mass is 493 g/mol. The Hall–Kier alpha value is -2.29. The molecule has 1 fully saturated rings. The zero-order chi connectivity index (χ0) is 23.6. The van der Waals surface area contributed by atoms with Crippen molar-refractivity contribution in [2.24, 2.45) is 5.92 Å². The molecule has 2 aliphatic heterocycles. The summed E-state index contributed by atoms with van der Waals surface area (Å²) in [6.45, 7) is 3.68. The number of aryl methyl sites for hydroxylation is 1. The van der Waals surface area contributed by atoms with E-state index in [0.717, 1.165) is 24.8 Å². The van der Waals surface area contributed by atoms with Gasteiger partial charge in [-0.05, 0) is 80.5 Å². The Morgan fingerprint density at radius 2 is 1.91 bits per heavy atom. The topological polar surface area (TPSA) is 82.1 Å². The fourth-order valence-corrected chi connectivity index (χ4v) is 6.30. The lowest BCUT2D eigenvalue weighted by molar-refractivity contribution is 0.0483. The number of carbonyl (C=O) groups is 1. The van der Waals surface area contributed by atoms with E-state index in [-0.39, 0.29) is 16.5 Å². The molecule has 0 bridgehead atoms. The summed E-state index contributed by atoms with van der Waals surface area (Å²) >= 11 is 6.13. The van der Waals surface area contributed by atoms with Gasteiger partial charge in [0, 0.05) is 24.3 Å². The number of fused-ring (bicyclic) bond motifs is 1. The van der Waals surface area contributed by atoms with Crippen LogP contribution in [0.5, 0.6) is 5.75 Å². The van der Waals surface area contributed by atoms with Crippen molar-refractivity contribution in [1.29, 1.82) is 0 Å². The first-order chi connectivity index (χ1) is 15.8. The molecule has 178 valence electrons. The predicted octanol–water partition coefficient (Wildman–Crippen LogP) is 4.46. The van der Waals surface area contributed by atoms with Crippen LogP contribution < -0.4 is 9.04 Å². The third-order valence-corrected chi connectivity index (χ3v) is 8.40. The highest BCUT2D eigenvalue weighted by Gasteiger charge is 2.35. The first-order valence-electron chi connectivity index (χ1n) is 11.1. The first kappa shape index (κ1) is 23.9. The largest absolute Gasteiger partial charge is 0.492 e. The third-order valence-electron chi connectivity index (χ3n) is 6.24. The van der Waals surface area contributed by atoms with Crippen molar-refractivity contribution in [3.63, 3.8) is 0 Å². The SMILES string of the molecule is COC(=O)c1cc(S(=O)(=O)N2c3ccc(Cl)cc3CCC2C)ccc1OCC1CCOCC1. The first-order valence-corrected chi connectivity index (χ1v) is 12.9. The molecule has 0 saturated carbocycles. The Kier molecular flexibility index (Phi) is 7.16. The second-order valence-corrected chi connectivity index (χ2v) is 10.7. The average molecular weight is 494 g/mol. The van der Waals surface area contributed by atoms with E-state index >= 15 is 0 Å². The average Bonchev–Trinajstić information content (AvgIpc) is 2.82. The summed E-state index contributed by atoms with van der Waals surface area (Å²) in [6, 6.07) is 9.35. The Balaban J connectivity index is 1.67. The second-order valence-electron chi connectivity index (χ2n) is 8.48. The quantitative estimate of drug-likeness (QED) is 0.552. The number of esters is 1. The van der Waals surface area contributed by atoms with E-state index < -0.39 is 16.0 Å². The lowest BCUT2D eigenvalue weighted by atomic mass is 9.99. The molecular weight excluding hydrogens is 466 g/mol. The number of hydrogen-bond acceptors (Lipinski definition) is 6. The number of methoxy groups -OCH3 is 1. The lowest BCUT2D eigenvalue weighted by Crippen LogP contribution is -2.42. The van der Waals surface area contributed by atoms with Crippen LogP contribution in [0, 0.1) is 5.92 Å². The lowest BCUT2D eigenvalue weighted by Gasteiger charge is -2.36. The number of anilines is 1. The number of sulfonamides is 1. The highest BCUT2D eigenvalue weighted by atomic mass is 35.5. The van der Waals surface area contributed by atoms with Crippen LogP contribution in [0.25, 0.3) is 0 Å². The Morgan fingerprint density at radius 3 is 2.64 bits per heavy atom. The maximum atomic E-state index is 13.7. The van der Waals surface area contributed by atoms with Crippen molar-refractivity contribution in [3.05, 3.63) is 52.5 Å². The number of rotatable bonds is 6. The number of nitrogens with zero attached hydrogens (tertiary/aromatic N) is 1. The molecule has 7 nitrogen and oxygen atoms in total. The second kappa shape index (κ2) is 9.91. The van der Waals surface area contributed by atoms with Gasteiger partial charge in [0.1, 0.15) is 11.3 Å². The van der Waals surface area contributed by atoms with Gasteiger partial charge in [0.25, 0.3) is 10.0 Å². The van der Waals surface area contributed by atoms with Gasteiger partial charge in [0.2, 0.25) is 0 Å². The molecule has 1 unspecified atom stereocenters. The standard InChI is InChI=1S/C24H28ClNO6S/c1-16-3-4-18-13-19(25)5-7-22(18)26(16)33(28,29)20-6-8-23(21(14-20)24(27)30-2)32-15-17-9-11-31-12-10-17/h5-8,13-14,16-17H,3-4,9-12,15H2,1-2H3. The Labute approximate surface area is 199 Å². The van der Waals surface area contributed by atoms with Gasteiger partial charge < -0.3 is 14.2 Å². The summed E-state index contributed by atoms with van der Waals surface area (Å²) < 4.78 is 45.0. The van der Waals surface area contributed by atoms with Gasteiger partial charge in [0.15, 0.2) is 0 Å². The van der Waals surface area contributed by atoms with E-state index in [4.69, 9.17) is 25.8 Å². The highest BCUT2D eigenvalue weighted by Crippen LogP contribution is 2.37. The maximum absolute atomic E-state index is 13.7. The number of ether oxygens (including phenoxy) is 3. The molecule has 0 amide bonds. The van der Waals surface area contributed by atoms with Gasteiger partial charge in [-0.2, -0.15) is 0 Å². The summed E-state index contributed by atoms with van der Waals surface area (Å²) in [5.74, 6) is -0.00995. The summed E-state index contributed by atoms with van der Waals surface area (Å²) in [6.07, 6.45) is 3.19. The minimum Gasteiger partial charge on any atom is -0.492 e. The zero-order valence-corrected chi connectivity index (χ0v) is 20.3. The van der Waals surface area contributed by atoms with Gasteiger partial charge >= 0.3 is 5.97 Å². The minimum atomic E-state index is -3.94. The molecule has 1 saturated heterocycles. The summed E-state index contributed by atoms with van der Waals surface area (Å²) in [7, 11) is -2.68. The van der Waals surface area contributed by atoms with E-state index in [1.165, 1.54) is 29.6 Å². The van der Waals surface area contributed by atoms with Crippen LogP contribution in [-0.2, 0) is 25.9 Å². The molecule has 0 aliphatic carbocycles. The van der Waals surface area contributed by atoms with Crippen molar-refractivity contribution in [3.8, 4) is 5.75 Å². The van der Waals surface area contributed by atoms with Crippen LogP contribution in [-0.4, -0.2) is 47.4 Å². The molecule has 0 aromatic heterocycles. The molecular formula is C24H28ClNO6S. The van der Waals surface area contributed by atoms with Crippen molar-refractivity contribution in [2.45, 2.75) is 43.5 Å². The van der Waals surface area contributed by atoms with E-state index in [9.17, 15) is 13.2 Å². The van der Waals surface area contributed by atoms with Gasteiger partial charge in [-0.3, -0.25) is 4.31 Å². The van der Waals surface area contributed by atoms with Crippen LogP contribution in [0.1, 0.15) is 42.1 Å². The molecule has 2 aromatic rings. The van der Waals surface area contributed by atoms with E-state index in [2.05, 4.69) is 0 Å². The van der Waals surface area contributed by atoms with Crippen LogP contribution >= 0.6 is 11.6 Å². The van der Waals surface area contributed by atoms with Crippen molar-refractivity contribution in [2.75, 3.05) is 31.2 Å². The van der Waals surface area contributed by atoms with E-state index in [0.29, 0.717) is 48.6 Å². The molecule has 2 aliphatic rings. The Morgan fingerprint density at radius 1 is 1.15 bits per heavy atom. The summed E-state index contributed by atoms with van der Waals surface area (Å²) in [4.78, 5) is 12.5.